The zero-order valence-electron chi connectivity index (χ0n) is 18.8. The van der Waals surface area contributed by atoms with E-state index in [1.165, 1.54) is 7.11 Å². The van der Waals surface area contributed by atoms with E-state index >= 15 is 0 Å². The second-order valence-electron chi connectivity index (χ2n) is 7.68. The van der Waals surface area contributed by atoms with Crippen molar-refractivity contribution in [2.24, 2.45) is 5.92 Å². The number of nitrogens with one attached hydrogen (secondary N) is 2. The predicted octanol–water partition coefficient (Wildman–Crippen LogP) is 4.49. The number of anilines is 1. The molecule has 2 N–H and O–H groups in total. The van der Waals surface area contributed by atoms with Crippen molar-refractivity contribution in [2.75, 3.05) is 31.3 Å². The quantitative estimate of drug-likeness (QED) is 0.311. The molecule has 8 nitrogen and oxygen atoms in total. The number of methoxy groups -OCH3 is 1. The number of nitrogens with zero attached hydrogens (tertiary/aromatic N) is 4. The molecule has 2 aromatic heterocycles. The molecule has 0 aliphatic carbocycles. The highest BCUT2D eigenvalue weighted by Gasteiger charge is 2.15. The van der Waals surface area contributed by atoms with Crippen LogP contribution in [0.4, 0.5) is 5.82 Å². The van der Waals surface area contributed by atoms with Gasteiger partial charge in [0.05, 0.1) is 30.8 Å². The molecular weight excluding hydrogens is 448 g/mol. The molecule has 0 aliphatic heterocycles. The van der Waals surface area contributed by atoms with Gasteiger partial charge in [-0.25, -0.2) is 14.6 Å². The molecule has 2 heterocycles. The van der Waals surface area contributed by atoms with E-state index in [1.807, 2.05) is 0 Å². The van der Waals surface area contributed by atoms with Crippen molar-refractivity contribution in [2.45, 2.75) is 38.9 Å². The summed E-state index contributed by atoms with van der Waals surface area (Å²) in [7, 11) is 1.52. The van der Waals surface area contributed by atoms with Crippen LogP contribution in [-0.4, -0.2) is 51.6 Å². The lowest BCUT2D eigenvalue weighted by molar-refractivity contribution is 0.0949. The number of amides is 1. The van der Waals surface area contributed by atoms with Gasteiger partial charge >= 0.3 is 0 Å². The molecule has 32 heavy (non-hydrogen) atoms. The first-order valence-electron chi connectivity index (χ1n) is 10.6. The maximum Gasteiger partial charge on any atom is 0.255 e. The number of fused-ring (bicyclic) bond motifs is 1. The molecule has 0 saturated carbocycles. The van der Waals surface area contributed by atoms with Crippen LogP contribution in [0.3, 0.4) is 0 Å². The molecule has 0 aliphatic rings. The maximum absolute atomic E-state index is 12.6. The molecule has 1 aromatic carbocycles. The summed E-state index contributed by atoms with van der Waals surface area (Å²) in [5.74, 6) is 2.44. The fourth-order valence-corrected chi connectivity index (χ4v) is 3.89. The standard InChI is InChI=1S/C22H29ClN6O2S/c1-5-10-32-22-27-19(25-12-14(2)3)17-13-26-29(20(17)28-22)9-8-24-21(30)16-11-15(23)6-7-18(16)31-4/h6-7,11,13-14H,5,8-10,12H2,1-4H3,(H,24,30)(H,25,27,28). The summed E-state index contributed by atoms with van der Waals surface area (Å²) in [5, 5.41) is 12.9. The molecule has 172 valence electrons. The molecule has 0 spiro atoms. The Labute approximate surface area is 197 Å². The fraction of sp³-hybridized carbons (Fsp3) is 0.455. The zero-order chi connectivity index (χ0) is 23.1. The SMILES string of the molecule is CCCSc1nc(NCC(C)C)c2cnn(CCNC(=O)c3cc(Cl)ccc3OC)c2n1. The first-order chi connectivity index (χ1) is 15.4. The van der Waals surface area contributed by atoms with Gasteiger partial charge in [-0.2, -0.15) is 5.10 Å². The van der Waals surface area contributed by atoms with Crippen molar-refractivity contribution in [1.29, 1.82) is 0 Å². The highest BCUT2D eigenvalue weighted by Crippen LogP contribution is 2.25. The summed E-state index contributed by atoms with van der Waals surface area (Å²) in [5.41, 5.74) is 1.14. The van der Waals surface area contributed by atoms with Gasteiger partial charge in [-0.3, -0.25) is 4.79 Å². The van der Waals surface area contributed by atoms with Gasteiger partial charge < -0.3 is 15.4 Å². The molecule has 0 atom stereocenters. The lowest BCUT2D eigenvalue weighted by Gasteiger charge is -2.12. The van der Waals surface area contributed by atoms with Gasteiger partial charge in [0.15, 0.2) is 10.8 Å². The van der Waals surface area contributed by atoms with E-state index in [0.29, 0.717) is 35.3 Å². The minimum absolute atomic E-state index is 0.256. The van der Waals surface area contributed by atoms with E-state index in [1.54, 1.807) is 40.8 Å². The summed E-state index contributed by atoms with van der Waals surface area (Å²) >= 11 is 7.67. The number of hydrogen-bond donors (Lipinski definition) is 2. The molecule has 1 amide bonds. The van der Waals surface area contributed by atoms with Gasteiger partial charge in [0, 0.05) is 23.9 Å². The largest absolute Gasteiger partial charge is 0.496 e. The zero-order valence-corrected chi connectivity index (χ0v) is 20.4. The van der Waals surface area contributed by atoms with Crippen LogP contribution in [0.15, 0.2) is 29.6 Å². The Hall–Kier alpha value is -2.52. The number of hydrogen-bond acceptors (Lipinski definition) is 7. The Morgan fingerprint density at radius 3 is 2.84 bits per heavy atom. The molecule has 0 fully saturated rings. The normalized spacial score (nSPS) is 11.2. The minimum Gasteiger partial charge on any atom is -0.496 e. The Bertz CT molecular complexity index is 1070. The summed E-state index contributed by atoms with van der Waals surface area (Å²) in [6, 6.07) is 4.96. The summed E-state index contributed by atoms with van der Waals surface area (Å²) in [6.45, 7) is 8.09. The van der Waals surface area contributed by atoms with Gasteiger partial charge in [0.25, 0.3) is 5.91 Å². The number of thioether (sulfide) groups is 1. The van der Waals surface area contributed by atoms with E-state index < -0.39 is 0 Å². The van der Waals surface area contributed by atoms with Crippen molar-refractivity contribution in [1.82, 2.24) is 25.1 Å². The van der Waals surface area contributed by atoms with Crippen LogP contribution in [0.25, 0.3) is 11.0 Å². The van der Waals surface area contributed by atoms with Crippen LogP contribution in [-0.2, 0) is 6.54 Å². The molecule has 0 radical (unpaired) electrons. The molecule has 3 rings (SSSR count). The highest BCUT2D eigenvalue weighted by molar-refractivity contribution is 7.99. The van der Waals surface area contributed by atoms with Crippen molar-refractivity contribution >= 4 is 46.1 Å². The van der Waals surface area contributed by atoms with Gasteiger partial charge in [-0.1, -0.05) is 44.1 Å². The highest BCUT2D eigenvalue weighted by atomic mass is 35.5. The molecular formula is C22H29ClN6O2S. The second kappa shape index (κ2) is 11.4. The lowest BCUT2D eigenvalue weighted by Crippen LogP contribution is -2.28. The van der Waals surface area contributed by atoms with Gasteiger partial charge in [-0.05, 0) is 30.5 Å². The van der Waals surface area contributed by atoms with Crippen LogP contribution in [0.1, 0.15) is 37.6 Å². The Kier molecular flexibility index (Phi) is 8.58. The number of aromatic nitrogens is 4. The van der Waals surface area contributed by atoms with Crippen LogP contribution in [0, 0.1) is 5.92 Å². The fourth-order valence-electron chi connectivity index (χ4n) is 3.02. The third-order valence-corrected chi connectivity index (χ3v) is 5.89. The van der Waals surface area contributed by atoms with Crippen LogP contribution >= 0.6 is 23.4 Å². The van der Waals surface area contributed by atoms with E-state index in [9.17, 15) is 4.79 Å². The molecule has 0 unspecified atom stereocenters. The van der Waals surface area contributed by atoms with Crippen molar-refractivity contribution < 1.29 is 9.53 Å². The van der Waals surface area contributed by atoms with Crippen molar-refractivity contribution in [3.63, 3.8) is 0 Å². The average molecular weight is 477 g/mol. The topological polar surface area (TPSA) is 94.0 Å². The Morgan fingerprint density at radius 1 is 1.31 bits per heavy atom. The first kappa shape index (κ1) is 24.1. The number of halogens is 1. The first-order valence-corrected chi connectivity index (χ1v) is 12.0. The second-order valence-corrected chi connectivity index (χ2v) is 9.18. The number of rotatable bonds is 11. The predicted molar refractivity (Wildman–Crippen MR) is 130 cm³/mol. The number of carbonyl (C=O) groups is 1. The Morgan fingerprint density at radius 2 is 2.12 bits per heavy atom. The number of ether oxygens (including phenoxy) is 1. The molecule has 3 aromatic rings. The van der Waals surface area contributed by atoms with E-state index in [0.717, 1.165) is 40.7 Å². The van der Waals surface area contributed by atoms with Gasteiger partial charge in [-0.15, -0.1) is 0 Å². The summed E-state index contributed by atoms with van der Waals surface area (Å²) < 4.78 is 7.06. The van der Waals surface area contributed by atoms with E-state index in [-0.39, 0.29) is 5.91 Å². The van der Waals surface area contributed by atoms with Crippen LogP contribution in [0.5, 0.6) is 5.75 Å². The minimum atomic E-state index is -0.256. The van der Waals surface area contributed by atoms with Gasteiger partial charge in [0.2, 0.25) is 0 Å². The van der Waals surface area contributed by atoms with Gasteiger partial charge in [0.1, 0.15) is 11.6 Å². The van der Waals surface area contributed by atoms with Crippen molar-refractivity contribution in [3.05, 3.63) is 35.0 Å². The third-order valence-electron chi connectivity index (χ3n) is 4.60. The van der Waals surface area contributed by atoms with Crippen molar-refractivity contribution in [3.8, 4) is 5.75 Å². The summed E-state index contributed by atoms with van der Waals surface area (Å²) in [4.78, 5) is 22.0. The molecule has 0 bridgehead atoms. The smallest absolute Gasteiger partial charge is 0.255 e. The number of carbonyl (C=O) groups excluding carboxylic acids is 1. The monoisotopic (exact) mass is 476 g/mol. The lowest BCUT2D eigenvalue weighted by atomic mass is 10.2. The van der Waals surface area contributed by atoms with Crippen LogP contribution in [0.2, 0.25) is 5.02 Å². The average Bonchev–Trinajstić information content (AvgIpc) is 3.18. The summed E-state index contributed by atoms with van der Waals surface area (Å²) in [6.07, 6.45) is 2.81. The Balaban J connectivity index is 1.76. The molecule has 0 saturated heterocycles. The maximum atomic E-state index is 12.6. The van der Waals surface area contributed by atoms with E-state index in [2.05, 4.69) is 36.5 Å². The third kappa shape index (κ3) is 6.04. The van der Waals surface area contributed by atoms with E-state index in [4.69, 9.17) is 26.3 Å². The number of benzene rings is 1. The van der Waals surface area contributed by atoms with Crippen LogP contribution < -0.4 is 15.4 Å². The molecule has 10 heteroatoms.